The normalized spacial score (nSPS) is 10.6. The van der Waals surface area contributed by atoms with Crippen molar-refractivity contribution < 1.29 is 14.7 Å². The highest BCUT2D eigenvalue weighted by atomic mass is 16.2. The molecule has 0 heterocycles. The highest BCUT2D eigenvalue weighted by Crippen LogP contribution is 1.77. The smallest absolute Gasteiger partial charge is 0.221 e. The molecule has 0 unspecified atom stereocenters. The first-order valence-corrected chi connectivity index (χ1v) is 2.28. The lowest BCUT2D eigenvalue weighted by atomic mass is 10.5. The number of hydrogen-bond acceptors (Lipinski definition) is 3. The summed E-state index contributed by atoms with van der Waals surface area (Å²) in [5.74, 6) is -0.387. The van der Waals surface area contributed by atoms with Crippen molar-refractivity contribution >= 4 is 12.2 Å². The van der Waals surface area contributed by atoms with E-state index in [0.717, 1.165) is 0 Å². The highest BCUT2D eigenvalue weighted by Gasteiger charge is 1.94. The van der Waals surface area contributed by atoms with Gasteiger partial charge in [-0.15, -0.1) is 0 Å². The van der Waals surface area contributed by atoms with Crippen molar-refractivity contribution in [1.82, 2.24) is 5.32 Å². The topological polar surface area (TPSA) is 66.4 Å². The molecule has 0 radical (unpaired) electrons. The van der Waals surface area contributed by atoms with Crippen molar-refractivity contribution in [1.29, 1.82) is 0 Å². The van der Waals surface area contributed by atoms with Crippen molar-refractivity contribution in [3.05, 3.63) is 12.0 Å². The molecule has 0 fully saturated rings. The van der Waals surface area contributed by atoms with Gasteiger partial charge in [0.05, 0.1) is 0 Å². The molecule has 0 bridgehead atoms. The number of rotatable bonds is 2. The number of allylic oxidation sites excluding steroid dienone is 1. The first-order valence-electron chi connectivity index (χ1n) is 2.28. The Morgan fingerprint density at radius 2 is 2.22 bits per heavy atom. The van der Waals surface area contributed by atoms with Crippen molar-refractivity contribution in [2.75, 3.05) is 0 Å². The Bertz CT molecular complexity index is 150. The van der Waals surface area contributed by atoms with Crippen molar-refractivity contribution in [2.45, 2.75) is 6.92 Å². The predicted molar refractivity (Wildman–Crippen MR) is 30.6 cm³/mol. The average molecular weight is 129 g/mol. The molecule has 0 spiro atoms. The number of hydrogen-bond donors (Lipinski definition) is 2. The van der Waals surface area contributed by atoms with Crippen LogP contribution in [0.15, 0.2) is 12.0 Å². The van der Waals surface area contributed by atoms with Crippen LogP contribution in [0.1, 0.15) is 6.92 Å². The second-order valence-corrected chi connectivity index (χ2v) is 1.38. The summed E-state index contributed by atoms with van der Waals surface area (Å²) in [4.78, 5) is 20.0. The third kappa shape index (κ3) is 3.28. The van der Waals surface area contributed by atoms with Crippen LogP contribution in [0.5, 0.6) is 0 Å². The number of aldehydes is 1. The van der Waals surface area contributed by atoms with E-state index in [2.05, 4.69) is 5.32 Å². The molecule has 9 heavy (non-hydrogen) atoms. The second-order valence-electron chi connectivity index (χ2n) is 1.38. The third-order valence-electron chi connectivity index (χ3n) is 0.586. The number of aliphatic hydroxyl groups is 1. The maximum atomic E-state index is 10.2. The minimum absolute atomic E-state index is 0.137. The van der Waals surface area contributed by atoms with Crippen molar-refractivity contribution in [3.63, 3.8) is 0 Å². The number of aliphatic hydroxyl groups excluding tert-OH is 1. The molecule has 0 aliphatic heterocycles. The number of carbonyl (C=O) groups is 2. The number of nitrogens with one attached hydrogen (secondary N) is 1. The Balaban J connectivity index is 3.86. The zero-order chi connectivity index (χ0) is 7.28. The zero-order valence-electron chi connectivity index (χ0n) is 4.92. The van der Waals surface area contributed by atoms with E-state index in [4.69, 9.17) is 5.11 Å². The molecule has 50 valence electrons. The Morgan fingerprint density at radius 1 is 1.67 bits per heavy atom. The van der Waals surface area contributed by atoms with Crippen molar-refractivity contribution in [3.8, 4) is 0 Å². The molecule has 0 saturated carbocycles. The molecule has 0 aromatic heterocycles. The first-order chi connectivity index (χ1) is 4.20. The van der Waals surface area contributed by atoms with Gasteiger partial charge in [-0.3, -0.25) is 9.59 Å². The van der Waals surface area contributed by atoms with Crippen LogP contribution in [0.4, 0.5) is 0 Å². The maximum absolute atomic E-state index is 10.2. The van der Waals surface area contributed by atoms with E-state index in [9.17, 15) is 9.59 Å². The van der Waals surface area contributed by atoms with Gasteiger partial charge in [-0.05, 0) is 0 Å². The molecule has 4 nitrogen and oxygen atoms in total. The van der Waals surface area contributed by atoms with E-state index < -0.39 is 0 Å². The Kier molecular flexibility index (Phi) is 3.12. The maximum Gasteiger partial charge on any atom is 0.221 e. The lowest BCUT2D eigenvalue weighted by Crippen LogP contribution is -2.19. The van der Waals surface area contributed by atoms with Gasteiger partial charge in [0.1, 0.15) is 12.0 Å². The van der Waals surface area contributed by atoms with E-state index in [0.29, 0.717) is 12.5 Å². The van der Waals surface area contributed by atoms with Gasteiger partial charge >= 0.3 is 0 Å². The molecule has 0 saturated heterocycles. The van der Waals surface area contributed by atoms with Gasteiger partial charge in [-0.25, -0.2) is 0 Å². The average Bonchev–Trinajstić information content (AvgIpc) is 1.82. The SMILES string of the molecule is CC(=O)N/C(C=O)=C/O. The van der Waals surface area contributed by atoms with Crippen LogP contribution >= 0.6 is 0 Å². The first kappa shape index (κ1) is 7.68. The Hall–Kier alpha value is -1.32. The summed E-state index contributed by atoms with van der Waals surface area (Å²) in [5, 5.41) is 10.3. The van der Waals surface area contributed by atoms with Crippen LogP contribution in [-0.4, -0.2) is 17.3 Å². The van der Waals surface area contributed by atoms with Gasteiger partial charge in [0, 0.05) is 6.92 Å². The molecule has 0 atom stereocenters. The number of carbonyl (C=O) groups excluding carboxylic acids is 2. The van der Waals surface area contributed by atoms with Gasteiger partial charge in [0.25, 0.3) is 0 Å². The molecule has 1 amide bonds. The van der Waals surface area contributed by atoms with Gasteiger partial charge in [-0.1, -0.05) is 0 Å². The van der Waals surface area contributed by atoms with E-state index >= 15 is 0 Å². The Labute approximate surface area is 52.2 Å². The van der Waals surface area contributed by atoms with Crippen LogP contribution in [0.25, 0.3) is 0 Å². The molecule has 0 aromatic rings. The largest absolute Gasteiger partial charge is 0.513 e. The fraction of sp³-hybridized carbons (Fsp3) is 0.200. The fourth-order valence-electron chi connectivity index (χ4n) is 0.295. The highest BCUT2D eigenvalue weighted by molar-refractivity contribution is 5.83. The third-order valence-corrected chi connectivity index (χ3v) is 0.586. The minimum Gasteiger partial charge on any atom is -0.513 e. The molecule has 0 aliphatic rings. The van der Waals surface area contributed by atoms with Gasteiger partial charge in [-0.2, -0.15) is 0 Å². The summed E-state index contributed by atoms with van der Waals surface area (Å²) in [6, 6.07) is 0. The lowest BCUT2D eigenvalue weighted by molar-refractivity contribution is -0.119. The summed E-state index contributed by atoms with van der Waals surface area (Å²) >= 11 is 0. The monoisotopic (exact) mass is 129 g/mol. The van der Waals surface area contributed by atoms with Crippen LogP contribution in [0.2, 0.25) is 0 Å². The van der Waals surface area contributed by atoms with E-state index in [1.54, 1.807) is 0 Å². The van der Waals surface area contributed by atoms with Crippen LogP contribution < -0.4 is 5.32 Å². The lowest BCUT2D eigenvalue weighted by Gasteiger charge is -1.94. The second kappa shape index (κ2) is 3.65. The Morgan fingerprint density at radius 3 is 2.33 bits per heavy atom. The van der Waals surface area contributed by atoms with Crippen molar-refractivity contribution in [2.24, 2.45) is 0 Å². The predicted octanol–water partition coefficient (Wildman–Crippen LogP) is -0.279. The molecule has 4 heteroatoms. The molecular weight excluding hydrogens is 122 g/mol. The van der Waals surface area contributed by atoms with Gasteiger partial charge in [0.2, 0.25) is 5.91 Å². The summed E-state index contributed by atoms with van der Waals surface area (Å²) in [5.41, 5.74) is -0.137. The summed E-state index contributed by atoms with van der Waals surface area (Å²) in [6.07, 6.45) is 0.885. The number of amides is 1. The quantitative estimate of drug-likeness (QED) is 0.306. The molecule has 2 N–H and O–H groups in total. The summed E-state index contributed by atoms with van der Waals surface area (Å²) in [7, 11) is 0. The van der Waals surface area contributed by atoms with Gasteiger partial charge < -0.3 is 10.4 Å². The molecule has 0 rings (SSSR count). The molecule has 0 aliphatic carbocycles. The van der Waals surface area contributed by atoms with Crippen LogP contribution in [0.3, 0.4) is 0 Å². The summed E-state index contributed by atoms with van der Waals surface area (Å²) in [6.45, 7) is 1.24. The summed E-state index contributed by atoms with van der Waals surface area (Å²) < 4.78 is 0. The van der Waals surface area contributed by atoms with Crippen LogP contribution in [0, 0.1) is 0 Å². The molecule has 0 aromatic carbocycles. The molecular formula is C5H7NO3. The minimum atomic E-state index is -0.387. The van der Waals surface area contributed by atoms with E-state index in [-0.39, 0.29) is 11.6 Å². The van der Waals surface area contributed by atoms with E-state index in [1.807, 2.05) is 0 Å². The zero-order valence-corrected chi connectivity index (χ0v) is 4.92. The standard InChI is InChI=1S/C5H7NO3/c1-4(9)6-5(2-7)3-8/h2-3,7H,1H3,(H,6,9)/b5-2+. The fourth-order valence-corrected chi connectivity index (χ4v) is 0.295. The van der Waals surface area contributed by atoms with E-state index in [1.165, 1.54) is 6.92 Å². The van der Waals surface area contributed by atoms with Crippen LogP contribution in [-0.2, 0) is 9.59 Å². The van der Waals surface area contributed by atoms with Gasteiger partial charge in [0.15, 0.2) is 6.29 Å².